The number of alkyl halides is 3. The Labute approximate surface area is 134 Å². The normalized spacial score (nSPS) is 15.9. The fourth-order valence-corrected chi connectivity index (χ4v) is 2.16. The molecule has 1 saturated carbocycles. The molecule has 128 valence electrons. The molecule has 0 heterocycles. The van der Waals surface area contributed by atoms with E-state index in [2.05, 4.69) is 15.6 Å². The van der Waals surface area contributed by atoms with E-state index in [9.17, 15) is 13.2 Å². The van der Waals surface area contributed by atoms with Crippen molar-refractivity contribution in [1.82, 2.24) is 10.6 Å². The van der Waals surface area contributed by atoms with Crippen molar-refractivity contribution < 1.29 is 17.9 Å². The third-order valence-corrected chi connectivity index (χ3v) is 3.69. The van der Waals surface area contributed by atoms with Crippen molar-refractivity contribution in [1.29, 1.82) is 0 Å². The molecular weight excluding hydrogens is 307 g/mol. The number of para-hydroxylation sites is 1. The molecule has 1 aliphatic carbocycles. The SMILES string of the molecule is CN=C(NCCC(F)(F)F)NCc1ccccc1OC1CCC1. The van der Waals surface area contributed by atoms with Gasteiger partial charge in [-0.25, -0.2) is 0 Å². The van der Waals surface area contributed by atoms with Crippen LogP contribution in [0, 0.1) is 0 Å². The zero-order chi connectivity index (χ0) is 16.7. The predicted octanol–water partition coefficient (Wildman–Crippen LogP) is 3.24. The van der Waals surface area contributed by atoms with Gasteiger partial charge in [0.25, 0.3) is 0 Å². The van der Waals surface area contributed by atoms with Crippen LogP contribution in [0.2, 0.25) is 0 Å². The van der Waals surface area contributed by atoms with Gasteiger partial charge in [0.2, 0.25) is 0 Å². The highest BCUT2D eigenvalue weighted by Crippen LogP contribution is 2.27. The Hall–Kier alpha value is -1.92. The summed E-state index contributed by atoms with van der Waals surface area (Å²) in [6, 6.07) is 7.66. The highest BCUT2D eigenvalue weighted by atomic mass is 19.4. The summed E-state index contributed by atoms with van der Waals surface area (Å²) in [4.78, 5) is 3.93. The standard InChI is InChI=1S/C16H22F3N3O/c1-20-15(21-10-9-16(17,18)19)22-11-12-5-2-3-8-14(12)23-13-6-4-7-13/h2-3,5,8,13H,4,6-7,9-11H2,1H3,(H2,20,21,22). The van der Waals surface area contributed by atoms with Crippen LogP contribution in [0.3, 0.4) is 0 Å². The molecular formula is C16H22F3N3O. The maximum absolute atomic E-state index is 12.2. The van der Waals surface area contributed by atoms with Crippen LogP contribution < -0.4 is 15.4 Å². The third-order valence-electron chi connectivity index (χ3n) is 3.69. The lowest BCUT2D eigenvalue weighted by molar-refractivity contribution is -0.132. The quantitative estimate of drug-likeness (QED) is 0.622. The average Bonchev–Trinajstić information content (AvgIpc) is 2.46. The number of benzene rings is 1. The summed E-state index contributed by atoms with van der Waals surface area (Å²) in [5, 5.41) is 5.67. The summed E-state index contributed by atoms with van der Waals surface area (Å²) in [7, 11) is 1.53. The van der Waals surface area contributed by atoms with Gasteiger partial charge in [0.05, 0.1) is 12.5 Å². The lowest BCUT2D eigenvalue weighted by atomic mass is 9.96. The lowest BCUT2D eigenvalue weighted by Gasteiger charge is -2.27. The summed E-state index contributed by atoms with van der Waals surface area (Å²) in [6.07, 6.45) is -1.45. The second-order valence-corrected chi connectivity index (χ2v) is 5.50. The number of nitrogens with zero attached hydrogens (tertiary/aromatic N) is 1. The molecule has 1 aromatic rings. The zero-order valence-electron chi connectivity index (χ0n) is 13.1. The number of halogens is 3. The van der Waals surface area contributed by atoms with Crippen LogP contribution in [0.1, 0.15) is 31.2 Å². The first kappa shape index (κ1) is 17.4. The van der Waals surface area contributed by atoms with Crippen LogP contribution in [-0.4, -0.2) is 31.8 Å². The van der Waals surface area contributed by atoms with E-state index in [0.717, 1.165) is 24.2 Å². The summed E-state index contributed by atoms with van der Waals surface area (Å²) in [5.74, 6) is 1.16. The van der Waals surface area contributed by atoms with Crippen LogP contribution in [0.25, 0.3) is 0 Å². The topological polar surface area (TPSA) is 45.7 Å². The number of hydrogen-bond acceptors (Lipinski definition) is 2. The molecule has 23 heavy (non-hydrogen) atoms. The minimum absolute atomic E-state index is 0.205. The smallest absolute Gasteiger partial charge is 0.390 e. The van der Waals surface area contributed by atoms with Crippen molar-refractivity contribution in [3.63, 3.8) is 0 Å². The first-order valence-electron chi connectivity index (χ1n) is 7.74. The van der Waals surface area contributed by atoms with Gasteiger partial charge >= 0.3 is 6.18 Å². The molecule has 0 radical (unpaired) electrons. The molecule has 0 bridgehead atoms. The number of nitrogens with one attached hydrogen (secondary N) is 2. The second-order valence-electron chi connectivity index (χ2n) is 5.50. The van der Waals surface area contributed by atoms with Crippen molar-refractivity contribution in [2.75, 3.05) is 13.6 Å². The van der Waals surface area contributed by atoms with E-state index in [1.165, 1.54) is 13.5 Å². The van der Waals surface area contributed by atoms with Crippen LogP contribution in [0.15, 0.2) is 29.3 Å². The Morgan fingerprint density at radius 1 is 1.26 bits per heavy atom. The van der Waals surface area contributed by atoms with Crippen LogP contribution in [-0.2, 0) is 6.54 Å². The first-order valence-corrected chi connectivity index (χ1v) is 7.74. The second kappa shape index (κ2) is 8.08. The maximum atomic E-state index is 12.2. The van der Waals surface area contributed by atoms with Gasteiger partial charge in [-0.05, 0) is 25.3 Å². The van der Waals surface area contributed by atoms with Gasteiger partial charge in [0.1, 0.15) is 5.75 Å². The largest absolute Gasteiger partial charge is 0.490 e. The molecule has 4 nitrogen and oxygen atoms in total. The summed E-state index contributed by atoms with van der Waals surface area (Å²) >= 11 is 0. The molecule has 0 spiro atoms. The lowest BCUT2D eigenvalue weighted by Crippen LogP contribution is -2.38. The first-order chi connectivity index (χ1) is 11.0. The van der Waals surface area contributed by atoms with Gasteiger partial charge in [-0.3, -0.25) is 4.99 Å². The summed E-state index contributed by atoms with van der Waals surface area (Å²) in [6.45, 7) is 0.234. The highest BCUT2D eigenvalue weighted by molar-refractivity contribution is 5.79. The molecule has 7 heteroatoms. The van der Waals surface area contributed by atoms with E-state index in [1.54, 1.807) is 0 Å². The molecule has 2 rings (SSSR count). The number of aliphatic imine (C=N–C) groups is 1. The fourth-order valence-electron chi connectivity index (χ4n) is 2.16. The highest BCUT2D eigenvalue weighted by Gasteiger charge is 2.26. The number of ether oxygens (including phenoxy) is 1. The van der Waals surface area contributed by atoms with E-state index in [-0.39, 0.29) is 12.6 Å². The summed E-state index contributed by atoms with van der Waals surface area (Å²) in [5.41, 5.74) is 0.957. The Balaban J connectivity index is 1.83. The van der Waals surface area contributed by atoms with Crippen molar-refractivity contribution in [2.24, 2.45) is 4.99 Å². The molecule has 0 saturated heterocycles. The molecule has 0 aromatic heterocycles. The van der Waals surface area contributed by atoms with Gasteiger partial charge in [0, 0.05) is 25.7 Å². The Kier molecular flexibility index (Phi) is 6.12. The number of rotatable bonds is 6. The monoisotopic (exact) mass is 329 g/mol. The van der Waals surface area contributed by atoms with Gasteiger partial charge in [-0.15, -0.1) is 0 Å². The molecule has 1 aliphatic rings. The molecule has 0 aliphatic heterocycles. The third kappa shape index (κ3) is 6.00. The minimum Gasteiger partial charge on any atom is -0.490 e. The Morgan fingerprint density at radius 2 is 2.00 bits per heavy atom. The number of hydrogen-bond donors (Lipinski definition) is 2. The van der Waals surface area contributed by atoms with Crippen molar-refractivity contribution in [3.8, 4) is 5.75 Å². The van der Waals surface area contributed by atoms with E-state index in [4.69, 9.17) is 4.74 Å². The van der Waals surface area contributed by atoms with E-state index in [1.807, 2.05) is 24.3 Å². The average molecular weight is 329 g/mol. The molecule has 0 amide bonds. The van der Waals surface area contributed by atoms with Crippen LogP contribution >= 0.6 is 0 Å². The Morgan fingerprint density at radius 3 is 2.61 bits per heavy atom. The van der Waals surface area contributed by atoms with Crippen molar-refractivity contribution in [2.45, 2.75) is 44.5 Å². The van der Waals surface area contributed by atoms with Gasteiger partial charge in [-0.1, -0.05) is 18.2 Å². The molecule has 1 fully saturated rings. The fraction of sp³-hybridized carbons (Fsp3) is 0.562. The van der Waals surface area contributed by atoms with E-state index in [0.29, 0.717) is 12.5 Å². The predicted molar refractivity (Wildman–Crippen MR) is 83.6 cm³/mol. The van der Waals surface area contributed by atoms with Crippen molar-refractivity contribution >= 4 is 5.96 Å². The maximum Gasteiger partial charge on any atom is 0.390 e. The van der Waals surface area contributed by atoms with Gasteiger partial charge in [-0.2, -0.15) is 13.2 Å². The molecule has 0 unspecified atom stereocenters. The molecule has 2 N–H and O–H groups in total. The molecule has 0 atom stereocenters. The van der Waals surface area contributed by atoms with Gasteiger partial charge in [0.15, 0.2) is 5.96 Å². The van der Waals surface area contributed by atoms with E-state index >= 15 is 0 Å². The van der Waals surface area contributed by atoms with E-state index < -0.39 is 12.6 Å². The summed E-state index contributed by atoms with van der Waals surface area (Å²) < 4.78 is 42.4. The van der Waals surface area contributed by atoms with Crippen LogP contribution in [0.5, 0.6) is 5.75 Å². The van der Waals surface area contributed by atoms with Crippen molar-refractivity contribution in [3.05, 3.63) is 29.8 Å². The zero-order valence-corrected chi connectivity index (χ0v) is 13.1. The minimum atomic E-state index is -4.17. The van der Waals surface area contributed by atoms with Gasteiger partial charge < -0.3 is 15.4 Å². The Bertz CT molecular complexity index is 528. The number of guanidine groups is 1. The molecule has 1 aromatic carbocycles. The van der Waals surface area contributed by atoms with Crippen LogP contribution in [0.4, 0.5) is 13.2 Å².